The van der Waals surface area contributed by atoms with Crippen molar-refractivity contribution in [1.29, 1.82) is 0 Å². The molecule has 162 valence electrons. The van der Waals surface area contributed by atoms with E-state index in [9.17, 15) is 14.4 Å². The summed E-state index contributed by atoms with van der Waals surface area (Å²) in [5.74, 6) is 0.325. The Morgan fingerprint density at radius 3 is 2.23 bits per heavy atom. The number of carbonyl (C=O) groups is 1. The largest absolute Gasteiger partial charge is 0.383 e. The Hall–Kier alpha value is -2.83. The quantitative estimate of drug-likeness (QED) is 0.695. The van der Waals surface area contributed by atoms with E-state index in [-0.39, 0.29) is 30.4 Å². The Bertz CT molecular complexity index is 999. The molecule has 1 aromatic heterocycles. The van der Waals surface area contributed by atoms with Crippen molar-refractivity contribution in [3.8, 4) is 0 Å². The van der Waals surface area contributed by atoms with Crippen molar-refractivity contribution in [3.05, 3.63) is 56.2 Å². The topological polar surface area (TPSA) is 99.1 Å². The first kappa shape index (κ1) is 21.9. The van der Waals surface area contributed by atoms with Crippen LogP contribution in [-0.2, 0) is 24.3 Å². The number of nitrogens with two attached hydrogens (primary N) is 1. The molecule has 1 saturated carbocycles. The Labute approximate surface area is 176 Å². The lowest BCUT2D eigenvalue weighted by atomic mass is 9.96. The molecule has 0 unspecified atom stereocenters. The van der Waals surface area contributed by atoms with E-state index in [0.717, 1.165) is 10.1 Å². The Balaban J connectivity index is 1.80. The maximum atomic E-state index is 12.8. The average Bonchev–Trinajstić information content (AvgIpc) is 3.27. The number of carbonyl (C=O) groups excluding carboxylic acids is 1. The average molecular weight is 413 g/mol. The van der Waals surface area contributed by atoms with Crippen molar-refractivity contribution >= 4 is 17.4 Å². The minimum absolute atomic E-state index is 0.0101. The van der Waals surface area contributed by atoms with Gasteiger partial charge in [0.2, 0.25) is 5.91 Å². The van der Waals surface area contributed by atoms with Gasteiger partial charge in [-0.05, 0) is 42.7 Å². The van der Waals surface area contributed by atoms with Crippen LogP contribution < -0.4 is 22.3 Å². The zero-order valence-corrected chi connectivity index (χ0v) is 17.9. The summed E-state index contributed by atoms with van der Waals surface area (Å²) in [7, 11) is 0. The highest BCUT2D eigenvalue weighted by Crippen LogP contribution is 2.34. The van der Waals surface area contributed by atoms with E-state index in [0.29, 0.717) is 25.3 Å². The molecule has 1 heterocycles. The van der Waals surface area contributed by atoms with Gasteiger partial charge in [-0.3, -0.25) is 18.7 Å². The summed E-state index contributed by atoms with van der Waals surface area (Å²) in [6.07, 6.45) is 6.50. The zero-order valence-electron chi connectivity index (χ0n) is 17.9. The Kier molecular flexibility index (Phi) is 7.13. The predicted molar refractivity (Wildman–Crippen MR) is 120 cm³/mol. The molecule has 0 aliphatic heterocycles. The molecule has 2 aromatic rings. The lowest BCUT2D eigenvalue weighted by molar-refractivity contribution is -0.115. The summed E-state index contributed by atoms with van der Waals surface area (Å²) in [6.45, 7) is 4.49. The molecule has 7 heteroatoms. The highest BCUT2D eigenvalue weighted by atomic mass is 16.2. The second kappa shape index (κ2) is 9.78. The van der Waals surface area contributed by atoms with Crippen LogP contribution in [-0.4, -0.2) is 15.0 Å². The van der Waals surface area contributed by atoms with E-state index < -0.39 is 11.2 Å². The highest BCUT2D eigenvalue weighted by molar-refractivity contribution is 5.94. The van der Waals surface area contributed by atoms with E-state index in [1.807, 2.05) is 26.0 Å². The summed E-state index contributed by atoms with van der Waals surface area (Å²) < 4.78 is 2.51. The summed E-state index contributed by atoms with van der Waals surface area (Å²) in [5.41, 5.74) is 7.33. The maximum Gasteiger partial charge on any atom is 0.332 e. The lowest BCUT2D eigenvalue weighted by Gasteiger charge is -2.16. The number of rotatable bonds is 8. The van der Waals surface area contributed by atoms with Gasteiger partial charge in [0.1, 0.15) is 11.5 Å². The van der Waals surface area contributed by atoms with E-state index in [1.165, 1.54) is 35.8 Å². The van der Waals surface area contributed by atoms with Crippen molar-refractivity contribution in [3.63, 3.8) is 0 Å². The molecule has 0 radical (unpaired) electrons. The van der Waals surface area contributed by atoms with E-state index in [2.05, 4.69) is 17.4 Å². The SMILES string of the molecule is CCCn1c(N)c(NC(=O)Cc2ccc(C3CCCC3)cc2)c(=O)n(CCC)c1=O. The first-order chi connectivity index (χ1) is 14.5. The molecule has 3 rings (SSSR count). The first-order valence-electron chi connectivity index (χ1n) is 11.0. The molecule has 30 heavy (non-hydrogen) atoms. The molecular formula is C23H32N4O3. The van der Waals surface area contributed by atoms with Crippen molar-refractivity contribution in [1.82, 2.24) is 9.13 Å². The van der Waals surface area contributed by atoms with Gasteiger partial charge in [0, 0.05) is 13.1 Å². The number of nitrogens with one attached hydrogen (secondary N) is 1. The van der Waals surface area contributed by atoms with Crippen LogP contribution in [0.4, 0.5) is 11.5 Å². The molecule has 0 spiro atoms. The van der Waals surface area contributed by atoms with Gasteiger partial charge < -0.3 is 11.1 Å². The molecule has 1 amide bonds. The fourth-order valence-corrected chi connectivity index (χ4v) is 4.23. The van der Waals surface area contributed by atoms with Crippen LogP contribution >= 0.6 is 0 Å². The smallest absolute Gasteiger partial charge is 0.332 e. The monoisotopic (exact) mass is 412 g/mol. The van der Waals surface area contributed by atoms with Crippen molar-refractivity contribution in [2.75, 3.05) is 11.1 Å². The third-order valence-electron chi connectivity index (χ3n) is 5.80. The van der Waals surface area contributed by atoms with Crippen LogP contribution in [0.25, 0.3) is 0 Å². The molecule has 3 N–H and O–H groups in total. The minimum atomic E-state index is -0.545. The van der Waals surface area contributed by atoms with E-state index in [4.69, 9.17) is 5.73 Å². The Morgan fingerprint density at radius 2 is 1.63 bits per heavy atom. The molecule has 7 nitrogen and oxygen atoms in total. The molecular weight excluding hydrogens is 380 g/mol. The Morgan fingerprint density at radius 1 is 1.03 bits per heavy atom. The zero-order chi connectivity index (χ0) is 21.7. The summed E-state index contributed by atoms with van der Waals surface area (Å²) in [5, 5.41) is 2.66. The number of hydrogen-bond acceptors (Lipinski definition) is 4. The third kappa shape index (κ3) is 4.66. The highest BCUT2D eigenvalue weighted by Gasteiger charge is 2.19. The molecule has 0 atom stereocenters. The number of benzene rings is 1. The van der Waals surface area contributed by atoms with Crippen molar-refractivity contribution in [2.45, 2.75) is 77.8 Å². The number of nitrogen functional groups attached to an aromatic ring is 1. The fourth-order valence-electron chi connectivity index (χ4n) is 4.23. The lowest BCUT2D eigenvalue weighted by Crippen LogP contribution is -2.43. The summed E-state index contributed by atoms with van der Waals surface area (Å²) in [6, 6.07) is 8.15. The van der Waals surface area contributed by atoms with E-state index >= 15 is 0 Å². The normalized spacial score (nSPS) is 14.2. The van der Waals surface area contributed by atoms with Gasteiger partial charge in [0.15, 0.2) is 0 Å². The second-order valence-electron chi connectivity index (χ2n) is 8.10. The van der Waals surface area contributed by atoms with E-state index in [1.54, 1.807) is 0 Å². The molecule has 0 saturated heterocycles. The van der Waals surface area contributed by atoms with Crippen LogP contribution in [0.2, 0.25) is 0 Å². The molecule has 0 bridgehead atoms. The van der Waals surface area contributed by atoms with Gasteiger partial charge in [-0.2, -0.15) is 0 Å². The number of anilines is 2. The third-order valence-corrected chi connectivity index (χ3v) is 5.80. The fraction of sp³-hybridized carbons (Fsp3) is 0.522. The van der Waals surface area contributed by atoms with Crippen molar-refractivity contribution < 1.29 is 4.79 Å². The standard InChI is InChI=1S/C23H32N4O3/c1-3-13-26-21(24)20(22(29)27(14-4-2)23(26)30)25-19(28)15-16-9-11-18(12-10-16)17-7-5-6-8-17/h9-12,17H,3-8,13-15,24H2,1-2H3,(H,25,28). The van der Waals surface area contributed by atoms with Gasteiger partial charge in [0.05, 0.1) is 6.42 Å². The maximum absolute atomic E-state index is 12.8. The molecule has 1 fully saturated rings. The van der Waals surface area contributed by atoms with Crippen LogP contribution in [0.3, 0.4) is 0 Å². The molecule has 1 aromatic carbocycles. The summed E-state index contributed by atoms with van der Waals surface area (Å²) in [4.78, 5) is 38.0. The molecule has 1 aliphatic rings. The number of aromatic nitrogens is 2. The number of hydrogen-bond donors (Lipinski definition) is 2. The van der Waals surface area contributed by atoms with Crippen LogP contribution in [0, 0.1) is 0 Å². The molecule has 1 aliphatic carbocycles. The summed E-state index contributed by atoms with van der Waals surface area (Å²) >= 11 is 0. The van der Waals surface area contributed by atoms with Gasteiger partial charge in [0.25, 0.3) is 5.56 Å². The van der Waals surface area contributed by atoms with Crippen LogP contribution in [0.1, 0.15) is 69.4 Å². The van der Waals surface area contributed by atoms with Crippen LogP contribution in [0.5, 0.6) is 0 Å². The predicted octanol–water partition coefficient (Wildman–Crippen LogP) is 3.25. The van der Waals surface area contributed by atoms with Gasteiger partial charge >= 0.3 is 5.69 Å². The minimum Gasteiger partial charge on any atom is -0.383 e. The number of nitrogens with zero attached hydrogens (tertiary/aromatic N) is 2. The first-order valence-corrected chi connectivity index (χ1v) is 11.0. The van der Waals surface area contributed by atoms with Gasteiger partial charge in [-0.15, -0.1) is 0 Å². The van der Waals surface area contributed by atoms with Gasteiger partial charge in [-0.1, -0.05) is 51.0 Å². The second-order valence-corrected chi connectivity index (χ2v) is 8.10. The van der Waals surface area contributed by atoms with Gasteiger partial charge in [-0.25, -0.2) is 4.79 Å². The van der Waals surface area contributed by atoms with Crippen LogP contribution in [0.15, 0.2) is 33.9 Å². The van der Waals surface area contributed by atoms with Crippen molar-refractivity contribution in [2.24, 2.45) is 0 Å². The number of amides is 1.